The molecular formula is C9H12N2O2. The lowest BCUT2D eigenvalue weighted by molar-refractivity contribution is 0.0524. The maximum atomic E-state index is 11.6. The van der Waals surface area contributed by atoms with E-state index in [1.807, 2.05) is 0 Å². The molecule has 2 heterocycles. The molecule has 1 aromatic rings. The minimum Gasteiger partial charge on any atom is -0.448 e. The van der Waals surface area contributed by atoms with E-state index in [2.05, 4.69) is 11.9 Å². The summed E-state index contributed by atoms with van der Waals surface area (Å²) in [6.45, 7) is 5.53. The van der Waals surface area contributed by atoms with E-state index in [9.17, 15) is 4.79 Å². The van der Waals surface area contributed by atoms with E-state index in [0.717, 1.165) is 13.1 Å². The minimum absolute atomic E-state index is 0.0186. The number of carbonyl (C=O) groups excluding carboxylic acids is 1. The number of nitrogens with zero attached hydrogens (tertiary/aromatic N) is 2. The lowest BCUT2D eigenvalue weighted by Gasteiger charge is -2.36. The van der Waals surface area contributed by atoms with E-state index in [-0.39, 0.29) is 5.91 Å². The highest BCUT2D eigenvalue weighted by Gasteiger charge is 2.29. The van der Waals surface area contributed by atoms with Gasteiger partial charge in [0.25, 0.3) is 5.91 Å². The summed E-state index contributed by atoms with van der Waals surface area (Å²) in [7, 11) is 0. The molecule has 0 bridgehead atoms. The Balaban J connectivity index is 2.06. The van der Waals surface area contributed by atoms with Crippen molar-refractivity contribution in [1.82, 2.24) is 9.88 Å². The third-order valence-corrected chi connectivity index (χ3v) is 2.19. The van der Waals surface area contributed by atoms with Gasteiger partial charge in [0.15, 0.2) is 11.6 Å². The van der Waals surface area contributed by atoms with Crippen LogP contribution in [0.5, 0.6) is 0 Å². The van der Waals surface area contributed by atoms with Gasteiger partial charge in [-0.1, -0.05) is 6.92 Å². The fourth-order valence-corrected chi connectivity index (χ4v) is 1.49. The molecule has 4 nitrogen and oxygen atoms in total. The average Bonchev–Trinajstić information content (AvgIpc) is 2.45. The first kappa shape index (κ1) is 8.29. The number of hydrogen-bond donors (Lipinski definition) is 0. The second kappa shape index (κ2) is 2.87. The summed E-state index contributed by atoms with van der Waals surface area (Å²) < 4.78 is 4.97. The van der Waals surface area contributed by atoms with Gasteiger partial charge < -0.3 is 9.32 Å². The zero-order valence-corrected chi connectivity index (χ0v) is 7.78. The van der Waals surface area contributed by atoms with Crippen LogP contribution in [0.3, 0.4) is 0 Å². The molecule has 0 aliphatic carbocycles. The van der Waals surface area contributed by atoms with Gasteiger partial charge in [-0.15, -0.1) is 0 Å². The molecule has 0 atom stereocenters. The standard InChI is InChI=1S/C9H12N2O2/c1-6-3-11(4-6)9(12)8-5-13-7(2)10-8/h5-6H,3-4H2,1-2H3. The number of aromatic nitrogens is 1. The summed E-state index contributed by atoms with van der Waals surface area (Å²) >= 11 is 0. The van der Waals surface area contributed by atoms with Crippen molar-refractivity contribution in [2.24, 2.45) is 5.92 Å². The topological polar surface area (TPSA) is 46.3 Å². The molecule has 1 fully saturated rings. The van der Waals surface area contributed by atoms with E-state index in [1.165, 1.54) is 6.26 Å². The van der Waals surface area contributed by atoms with Gasteiger partial charge in [0, 0.05) is 20.0 Å². The van der Waals surface area contributed by atoms with Crippen molar-refractivity contribution in [3.8, 4) is 0 Å². The smallest absolute Gasteiger partial charge is 0.275 e. The van der Waals surface area contributed by atoms with Crippen LogP contribution in [0, 0.1) is 12.8 Å². The second-order valence-corrected chi connectivity index (χ2v) is 3.57. The van der Waals surface area contributed by atoms with Gasteiger partial charge in [0.05, 0.1) is 0 Å². The Kier molecular flexibility index (Phi) is 1.83. The summed E-state index contributed by atoms with van der Waals surface area (Å²) in [5.41, 5.74) is 0.421. The molecule has 0 radical (unpaired) electrons. The third-order valence-electron chi connectivity index (χ3n) is 2.19. The van der Waals surface area contributed by atoms with Crippen LogP contribution in [0.25, 0.3) is 0 Å². The van der Waals surface area contributed by atoms with Gasteiger partial charge in [0.1, 0.15) is 6.26 Å². The van der Waals surface area contributed by atoms with Crippen molar-refractivity contribution in [1.29, 1.82) is 0 Å². The monoisotopic (exact) mass is 180 g/mol. The number of oxazole rings is 1. The molecule has 2 rings (SSSR count). The molecule has 13 heavy (non-hydrogen) atoms. The maximum Gasteiger partial charge on any atom is 0.275 e. The zero-order chi connectivity index (χ0) is 9.42. The first-order chi connectivity index (χ1) is 6.16. The summed E-state index contributed by atoms with van der Waals surface area (Å²) in [4.78, 5) is 17.3. The van der Waals surface area contributed by atoms with E-state index >= 15 is 0 Å². The predicted molar refractivity (Wildman–Crippen MR) is 46.3 cm³/mol. The molecule has 0 unspecified atom stereocenters. The van der Waals surface area contributed by atoms with E-state index in [0.29, 0.717) is 17.5 Å². The first-order valence-electron chi connectivity index (χ1n) is 4.38. The Morgan fingerprint density at radius 2 is 2.38 bits per heavy atom. The molecule has 70 valence electrons. The highest BCUT2D eigenvalue weighted by atomic mass is 16.3. The largest absolute Gasteiger partial charge is 0.448 e. The van der Waals surface area contributed by atoms with Crippen molar-refractivity contribution in [2.75, 3.05) is 13.1 Å². The van der Waals surface area contributed by atoms with Gasteiger partial charge in [-0.25, -0.2) is 4.98 Å². The van der Waals surface area contributed by atoms with Gasteiger partial charge in [-0.3, -0.25) is 4.79 Å². The lowest BCUT2D eigenvalue weighted by atomic mass is 10.0. The third kappa shape index (κ3) is 1.43. The Labute approximate surface area is 76.6 Å². The molecule has 1 aliphatic rings. The van der Waals surface area contributed by atoms with Crippen LogP contribution in [-0.2, 0) is 0 Å². The molecule has 1 aliphatic heterocycles. The number of likely N-dealkylation sites (tertiary alicyclic amines) is 1. The maximum absolute atomic E-state index is 11.6. The summed E-state index contributed by atoms with van der Waals surface area (Å²) in [6.07, 6.45) is 1.42. The Morgan fingerprint density at radius 1 is 1.69 bits per heavy atom. The number of hydrogen-bond acceptors (Lipinski definition) is 3. The average molecular weight is 180 g/mol. The zero-order valence-electron chi connectivity index (χ0n) is 7.78. The van der Waals surface area contributed by atoms with E-state index in [1.54, 1.807) is 11.8 Å². The molecule has 0 aromatic carbocycles. The molecule has 0 spiro atoms. The van der Waals surface area contributed by atoms with Gasteiger partial charge in [-0.05, 0) is 5.92 Å². The van der Waals surface area contributed by atoms with Gasteiger partial charge in [0.2, 0.25) is 0 Å². The molecule has 0 saturated carbocycles. The van der Waals surface area contributed by atoms with Crippen LogP contribution >= 0.6 is 0 Å². The normalized spacial score (nSPS) is 17.2. The number of rotatable bonds is 1. The molecule has 0 N–H and O–H groups in total. The molecule has 1 amide bonds. The summed E-state index contributed by atoms with van der Waals surface area (Å²) in [5.74, 6) is 1.14. The number of amides is 1. The van der Waals surface area contributed by atoms with Crippen LogP contribution in [0.2, 0.25) is 0 Å². The van der Waals surface area contributed by atoms with Gasteiger partial charge in [-0.2, -0.15) is 0 Å². The van der Waals surface area contributed by atoms with Crippen LogP contribution in [0.15, 0.2) is 10.7 Å². The van der Waals surface area contributed by atoms with Crippen molar-refractivity contribution in [3.05, 3.63) is 17.8 Å². The predicted octanol–water partition coefficient (Wildman–Crippen LogP) is 1.07. The molecule has 1 aromatic heterocycles. The van der Waals surface area contributed by atoms with Crippen molar-refractivity contribution in [3.63, 3.8) is 0 Å². The van der Waals surface area contributed by atoms with Crippen molar-refractivity contribution >= 4 is 5.91 Å². The van der Waals surface area contributed by atoms with Gasteiger partial charge >= 0.3 is 0 Å². The highest BCUT2D eigenvalue weighted by molar-refractivity contribution is 5.92. The molecule has 4 heteroatoms. The number of carbonyl (C=O) groups is 1. The summed E-state index contributed by atoms with van der Waals surface area (Å²) in [5, 5.41) is 0. The first-order valence-corrected chi connectivity index (χ1v) is 4.38. The lowest BCUT2D eigenvalue weighted by Crippen LogP contribution is -2.48. The van der Waals surface area contributed by atoms with Crippen LogP contribution in [0.1, 0.15) is 23.3 Å². The Hall–Kier alpha value is -1.32. The van der Waals surface area contributed by atoms with Crippen LogP contribution in [0.4, 0.5) is 0 Å². The summed E-state index contributed by atoms with van der Waals surface area (Å²) in [6, 6.07) is 0. The molecule has 1 saturated heterocycles. The Bertz CT molecular complexity index is 326. The quantitative estimate of drug-likeness (QED) is 0.649. The van der Waals surface area contributed by atoms with Crippen LogP contribution in [-0.4, -0.2) is 28.9 Å². The van der Waals surface area contributed by atoms with E-state index in [4.69, 9.17) is 4.42 Å². The number of aryl methyl sites for hydroxylation is 1. The highest BCUT2D eigenvalue weighted by Crippen LogP contribution is 2.17. The van der Waals surface area contributed by atoms with Crippen molar-refractivity contribution in [2.45, 2.75) is 13.8 Å². The van der Waals surface area contributed by atoms with Crippen LogP contribution < -0.4 is 0 Å². The minimum atomic E-state index is -0.0186. The SMILES string of the molecule is Cc1nc(C(=O)N2CC(C)C2)co1. The second-order valence-electron chi connectivity index (χ2n) is 3.57. The fraction of sp³-hybridized carbons (Fsp3) is 0.556. The van der Waals surface area contributed by atoms with Crippen molar-refractivity contribution < 1.29 is 9.21 Å². The fourth-order valence-electron chi connectivity index (χ4n) is 1.49. The molecular weight excluding hydrogens is 168 g/mol. The van der Waals surface area contributed by atoms with E-state index < -0.39 is 0 Å². The Morgan fingerprint density at radius 3 is 2.85 bits per heavy atom.